The fourth-order valence-electron chi connectivity index (χ4n) is 5.44. The summed E-state index contributed by atoms with van der Waals surface area (Å²) in [5, 5.41) is 0. The van der Waals surface area contributed by atoms with Crippen molar-refractivity contribution in [2.75, 3.05) is 26.2 Å². The molecule has 1 saturated carbocycles. The molecule has 1 aliphatic carbocycles. The van der Waals surface area contributed by atoms with Crippen LogP contribution in [0, 0.1) is 22.7 Å². The van der Waals surface area contributed by atoms with Gasteiger partial charge in [0.25, 0.3) is 0 Å². The molecule has 0 bridgehead atoms. The number of amides is 1. The van der Waals surface area contributed by atoms with E-state index in [9.17, 15) is 4.79 Å². The Morgan fingerprint density at radius 1 is 0.880 bits per heavy atom. The van der Waals surface area contributed by atoms with Crippen molar-refractivity contribution < 1.29 is 4.79 Å². The van der Waals surface area contributed by atoms with E-state index in [4.69, 9.17) is 0 Å². The largest absolute Gasteiger partial charge is 0.342 e. The molecule has 25 heavy (non-hydrogen) atoms. The molecule has 0 aromatic carbocycles. The zero-order chi connectivity index (χ0) is 18.5. The van der Waals surface area contributed by atoms with Crippen molar-refractivity contribution in [3.05, 3.63) is 0 Å². The summed E-state index contributed by atoms with van der Waals surface area (Å²) >= 11 is 0. The van der Waals surface area contributed by atoms with Crippen LogP contribution in [0.25, 0.3) is 0 Å². The van der Waals surface area contributed by atoms with Crippen molar-refractivity contribution in [3.63, 3.8) is 0 Å². The van der Waals surface area contributed by atoms with Crippen molar-refractivity contribution in [2.45, 2.75) is 85.6 Å². The van der Waals surface area contributed by atoms with Crippen LogP contribution in [0.2, 0.25) is 0 Å². The van der Waals surface area contributed by atoms with Gasteiger partial charge in [0.05, 0.1) is 0 Å². The van der Waals surface area contributed by atoms with E-state index >= 15 is 0 Å². The van der Waals surface area contributed by atoms with E-state index in [2.05, 4.69) is 51.3 Å². The monoisotopic (exact) mass is 348 g/mol. The van der Waals surface area contributed by atoms with Gasteiger partial charge in [-0.05, 0) is 89.1 Å². The summed E-state index contributed by atoms with van der Waals surface area (Å²) in [5.41, 5.74) is 1.17. The first-order chi connectivity index (χ1) is 11.5. The molecule has 1 spiro atoms. The van der Waals surface area contributed by atoms with Crippen LogP contribution in [-0.2, 0) is 4.79 Å². The molecule has 2 heterocycles. The second kappa shape index (κ2) is 6.55. The van der Waals surface area contributed by atoms with Crippen molar-refractivity contribution in [2.24, 2.45) is 22.7 Å². The van der Waals surface area contributed by atoms with Gasteiger partial charge in [0.15, 0.2) is 0 Å². The molecule has 0 N–H and O–H groups in total. The van der Waals surface area contributed by atoms with Gasteiger partial charge in [-0.25, -0.2) is 0 Å². The van der Waals surface area contributed by atoms with Gasteiger partial charge in [-0.2, -0.15) is 0 Å². The van der Waals surface area contributed by atoms with E-state index in [1.165, 1.54) is 38.8 Å². The lowest BCUT2D eigenvalue weighted by atomic mass is 9.57. The highest BCUT2D eigenvalue weighted by Crippen LogP contribution is 2.53. The predicted molar refractivity (Wildman–Crippen MR) is 104 cm³/mol. The van der Waals surface area contributed by atoms with Crippen LogP contribution in [-0.4, -0.2) is 47.4 Å². The van der Waals surface area contributed by atoms with Gasteiger partial charge in [0.1, 0.15) is 0 Å². The van der Waals surface area contributed by atoms with Crippen LogP contribution < -0.4 is 0 Å². The van der Waals surface area contributed by atoms with Crippen molar-refractivity contribution in [3.8, 4) is 0 Å². The van der Waals surface area contributed by atoms with Crippen LogP contribution in [0.3, 0.4) is 0 Å². The van der Waals surface area contributed by atoms with Crippen LogP contribution in [0.15, 0.2) is 0 Å². The van der Waals surface area contributed by atoms with E-state index in [1.807, 2.05) is 0 Å². The Kier molecular flexibility index (Phi) is 5.03. The minimum atomic E-state index is 0.290. The zero-order valence-electron chi connectivity index (χ0n) is 17.5. The fraction of sp³-hybridized carbons (Fsp3) is 0.955. The molecule has 3 rings (SSSR count). The quantitative estimate of drug-likeness (QED) is 0.693. The lowest BCUT2D eigenvalue weighted by Gasteiger charge is -2.54. The molecule has 2 aliphatic heterocycles. The molecule has 3 aliphatic rings. The molecule has 1 amide bonds. The summed E-state index contributed by atoms with van der Waals surface area (Å²) in [6.07, 6.45) is 7.27. The lowest BCUT2D eigenvalue weighted by molar-refractivity contribution is -0.148. The molecular weight excluding hydrogens is 308 g/mol. The Morgan fingerprint density at radius 3 is 1.84 bits per heavy atom. The molecule has 3 fully saturated rings. The average Bonchev–Trinajstić information content (AvgIpc) is 2.50. The van der Waals surface area contributed by atoms with E-state index in [0.717, 1.165) is 31.8 Å². The average molecular weight is 349 g/mol. The highest BCUT2D eigenvalue weighted by Gasteiger charge is 2.50. The first-order valence-corrected chi connectivity index (χ1v) is 10.5. The smallest absolute Gasteiger partial charge is 0.225 e. The second-order valence-electron chi connectivity index (χ2n) is 11.2. The normalized spacial score (nSPS) is 26.7. The third kappa shape index (κ3) is 4.07. The van der Waals surface area contributed by atoms with Crippen LogP contribution >= 0.6 is 0 Å². The van der Waals surface area contributed by atoms with Gasteiger partial charge in [-0.1, -0.05) is 20.8 Å². The molecule has 0 unspecified atom stereocenters. The number of nitrogens with zero attached hydrogens (tertiary/aromatic N) is 2. The molecule has 144 valence electrons. The third-order valence-electron chi connectivity index (χ3n) is 7.51. The number of piperidine rings is 2. The zero-order valence-corrected chi connectivity index (χ0v) is 17.5. The first-order valence-electron chi connectivity index (χ1n) is 10.5. The molecule has 0 aromatic heterocycles. The summed E-state index contributed by atoms with van der Waals surface area (Å²) in [7, 11) is 0. The summed E-state index contributed by atoms with van der Waals surface area (Å²) in [6, 6.07) is 0. The van der Waals surface area contributed by atoms with Crippen molar-refractivity contribution in [1.29, 1.82) is 0 Å². The molecule has 0 aromatic rings. The van der Waals surface area contributed by atoms with Gasteiger partial charge in [-0.3, -0.25) is 9.69 Å². The Morgan fingerprint density at radius 2 is 1.40 bits per heavy atom. The maximum Gasteiger partial charge on any atom is 0.225 e. The van der Waals surface area contributed by atoms with Crippen LogP contribution in [0.4, 0.5) is 0 Å². The van der Waals surface area contributed by atoms with E-state index in [1.54, 1.807) is 0 Å². The maximum atomic E-state index is 12.9. The number of hydrogen-bond donors (Lipinski definition) is 0. The maximum absolute atomic E-state index is 12.9. The Balaban J connectivity index is 1.45. The topological polar surface area (TPSA) is 23.6 Å². The summed E-state index contributed by atoms with van der Waals surface area (Å²) < 4.78 is 0. The highest BCUT2D eigenvalue weighted by atomic mass is 16.2. The standard InChI is InChI=1S/C22H40N2O/c1-20(2,3)18-7-11-23(12-8-18)19(25)17-15-22(16-17)9-13-24(14-10-22)21(4,5)6/h17-18H,7-16H2,1-6H3. The molecule has 3 nitrogen and oxygen atoms in total. The predicted octanol–water partition coefficient (Wildman–Crippen LogP) is 4.56. The van der Waals surface area contributed by atoms with Crippen molar-refractivity contribution in [1.82, 2.24) is 9.80 Å². The number of carbonyl (C=O) groups excluding carboxylic acids is 1. The Hall–Kier alpha value is -0.570. The summed E-state index contributed by atoms with van der Waals surface area (Å²) in [6.45, 7) is 18.4. The Labute approximate surface area is 155 Å². The molecule has 0 radical (unpaired) electrons. The third-order valence-corrected chi connectivity index (χ3v) is 7.51. The summed E-state index contributed by atoms with van der Waals surface area (Å²) in [5.74, 6) is 1.56. The number of hydrogen-bond acceptors (Lipinski definition) is 2. The molecule has 2 saturated heterocycles. The van der Waals surface area contributed by atoms with Gasteiger partial charge in [-0.15, -0.1) is 0 Å². The fourth-order valence-corrected chi connectivity index (χ4v) is 5.44. The SMILES string of the molecule is CC(C)(C)C1CCN(C(=O)C2CC3(CCN(C(C)(C)C)CC3)C2)CC1. The van der Waals surface area contributed by atoms with Gasteiger partial charge in [0.2, 0.25) is 5.91 Å². The number of likely N-dealkylation sites (tertiary alicyclic amines) is 2. The summed E-state index contributed by atoms with van der Waals surface area (Å²) in [4.78, 5) is 17.7. The molecule has 3 heteroatoms. The molecular formula is C22H40N2O. The van der Waals surface area contributed by atoms with E-state index in [0.29, 0.717) is 22.7 Å². The van der Waals surface area contributed by atoms with Gasteiger partial charge in [0, 0.05) is 24.5 Å². The van der Waals surface area contributed by atoms with Crippen molar-refractivity contribution >= 4 is 5.91 Å². The minimum absolute atomic E-state index is 0.290. The van der Waals surface area contributed by atoms with E-state index in [-0.39, 0.29) is 5.54 Å². The number of carbonyl (C=O) groups is 1. The Bertz CT molecular complexity index is 475. The van der Waals surface area contributed by atoms with Gasteiger partial charge < -0.3 is 4.90 Å². The highest BCUT2D eigenvalue weighted by molar-refractivity contribution is 5.80. The number of rotatable bonds is 1. The molecule has 0 atom stereocenters. The van der Waals surface area contributed by atoms with Crippen LogP contribution in [0.1, 0.15) is 80.1 Å². The second-order valence-corrected chi connectivity index (χ2v) is 11.2. The lowest BCUT2D eigenvalue weighted by Crippen LogP contribution is -2.55. The first kappa shape index (κ1) is 19.2. The minimum Gasteiger partial charge on any atom is -0.342 e. The van der Waals surface area contributed by atoms with Gasteiger partial charge >= 0.3 is 0 Å². The van der Waals surface area contributed by atoms with Crippen LogP contribution in [0.5, 0.6) is 0 Å². The van der Waals surface area contributed by atoms with E-state index < -0.39 is 0 Å².